The van der Waals surface area contributed by atoms with Crippen LogP contribution in [-0.4, -0.2) is 35.6 Å². The average molecular weight is 284 g/mol. The first-order valence-corrected chi connectivity index (χ1v) is 7.35. The number of rotatable bonds is 6. The zero-order valence-electron chi connectivity index (χ0n) is 13.0. The fraction of sp³-hybridized carbons (Fsp3) is 0.389. The van der Waals surface area contributed by atoms with Crippen LogP contribution in [0, 0.1) is 5.92 Å². The van der Waals surface area contributed by atoms with Gasteiger partial charge in [0.05, 0.1) is 5.60 Å². The highest BCUT2D eigenvalue weighted by molar-refractivity contribution is 5.25. The van der Waals surface area contributed by atoms with E-state index in [0.29, 0.717) is 6.42 Å². The van der Waals surface area contributed by atoms with E-state index < -0.39 is 5.60 Å². The summed E-state index contributed by atoms with van der Waals surface area (Å²) < 4.78 is 0. The van der Waals surface area contributed by atoms with Crippen LogP contribution in [0.2, 0.25) is 0 Å². The van der Waals surface area contributed by atoms with Gasteiger partial charge in [-0.15, -0.1) is 0 Å². The van der Waals surface area contributed by atoms with Crippen LogP contribution in [0.4, 0.5) is 0 Å². The molecular weight excluding hydrogens is 260 g/mol. The van der Waals surface area contributed by atoms with Crippen LogP contribution in [0.3, 0.4) is 0 Å². The molecule has 1 heterocycles. The number of aliphatic hydroxyl groups is 1. The van der Waals surface area contributed by atoms with Gasteiger partial charge in [0.2, 0.25) is 0 Å². The Morgan fingerprint density at radius 2 is 1.76 bits per heavy atom. The maximum atomic E-state index is 11.4. The third-order valence-electron chi connectivity index (χ3n) is 3.90. The van der Waals surface area contributed by atoms with E-state index in [9.17, 15) is 5.11 Å². The fourth-order valence-corrected chi connectivity index (χ4v) is 2.77. The highest BCUT2D eigenvalue weighted by Gasteiger charge is 2.36. The van der Waals surface area contributed by atoms with E-state index in [1.54, 1.807) is 6.20 Å². The van der Waals surface area contributed by atoms with Gasteiger partial charge in [0.15, 0.2) is 0 Å². The Labute approximate surface area is 127 Å². The van der Waals surface area contributed by atoms with E-state index in [-0.39, 0.29) is 5.92 Å². The van der Waals surface area contributed by atoms with Crippen molar-refractivity contribution in [1.29, 1.82) is 0 Å². The van der Waals surface area contributed by atoms with Crippen LogP contribution in [0.1, 0.15) is 18.2 Å². The molecule has 1 N–H and O–H groups in total. The Morgan fingerprint density at radius 1 is 1.10 bits per heavy atom. The first kappa shape index (κ1) is 15.7. The van der Waals surface area contributed by atoms with Gasteiger partial charge in [-0.2, -0.15) is 0 Å². The van der Waals surface area contributed by atoms with E-state index in [1.807, 2.05) is 62.6 Å². The van der Waals surface area contributed by atoms with Crippen LogP contribution in [0.25, 0.3) is 0 Å². The molecule has 1 aromatic heterocycles. The molecule has 0 bridgehead atoms. The Balaban J connectivity index is 2.34. The molecule has 0 amide bonds. The highest BCUT2D eigenvalue weighted by atomic mass is 16.3. The molecule has 0 aliphatic heterocycles. The highest BCUT2D eigenvalue weighted by Crippen LogP contribution is 2.33. The van der Waals surface area contributed by atoms with Crippen LogP contribution in [0.15, 0.2) is 54.7 Å². The van der Waals surface area contributed by atoms with E-state index in [2.05, 4.69) is 16.8 Å². The van der Waals surface area contributed by atoms with E-state index in [4.69, 9.17) is 0 Å². The molecule has 0 aliphatic rings. The first-order chi connectivity index (χ1) is 10.0. The molecule has 0 spiro atoms. The van der Waals surface area contributed by atoms with Gasteiger partial charge in [0, 0.05) is 30.8 Å². The van der Waals surface area contributed by atoms with Crippen molar-refractivity contribution in [2.45, 2.75) is 18.9 Å². The zero-order valence-corrected chi connectivity index (χ0v) is 13.0. The summed E-state index contributed by atoms with van der Waals surface area (Å²) in [6, 6.07) is 15.7. The summed E-state index contributed by atoms with van der Waals surface area (Å²) in [5.41, 5.74) is 0.944. The molecule has 2 atom stereocenters. The topological polar surface area (TPSA) is 36.4 Å². The molecule has 112 valence electrons. The summed E-state index contributed by atoms with van der Waals surface area (Å²) in [5, 5.41) is 11.4. The maximum Gasteiger partial charge on any atom is 0.0989 e. The molecule has 2 rings (SSSR count). The van der Waals surface area contributed by atoms with Gasteiger partial charge in [-0.3, -0.25) is 4.98 Å². The molecule has 0 fully saturated rings. The number of benzene rings is 1. The minimum absolute atomic E-state index is 0.0944. The lowest BCUT2D eigenvalue weighted by atomic mass is 9.78. The van der Waals surface area contributed by atoms with Crippen LogP contribution >= 0.6 is 0 Å². The Bertz CT molecular complexity index is 542. The molecule has 0 saturated heterocycles. The first-order valence-electron chi connectivity index (χ1n) is 7.35. The SMILES string of the molecule is C[C@H](CN(C)C)[C@@](O)(Cc1ccccn1)c1ccccc1. The second kappa shape index (κ2) is 6.83. The summed E-state index contributed by atoms with van der Waals surface area (Å²) in [5.74, 6) is 0.0944. The lowest BCUT2D eigenvalue weighted by Crippen LogP contribution is -2.41. The lowest BCUT2D eigenvalue weighted by molar-refractivity contribution is -0.0262. The standard InChI is InChI=1S/C18H24N2O/c1-15(14-20(2)3)18(21,16-9-5-4-6-10-16)13-17-11-7-8-12-19-17/h4-12,15,21H,13-14H2,1-3H3/t15-,18+/m1/s1. The number of nitrogens with zero attached hydrogens (tertiary/aromatic N) is 2. The van der Waals surface area contributed by atoms with Crippen molar-refractivity contribution in [3.63, 3.8) is 0 Å². The van der Waals surface area contributed by atoms with Crippen molar-refractivity contribution in [3.8, 4) is 0 Å². The zero-order chi connectivity index (χ0) is 15.3. The van der Waals surface area contributed by atoms with Crippen molar-refractivity contribution in [2.24, 2.45) is 5.92 Å². The maximum absolute atomic E-state index is 11.4. The summed E-state index contributed by atoms with van der Waals surface area (Å²) in [4.78, 5) is 6.49. The van der Waals surface area contributed by atoms with Gasteiger partial charge in [0.1, 0.15) is 0 Å². The van der Waals surface area contributed by atoms with Crippen molar-refractivity contribution < 1.29 is 5.11 Å². The lowest BCUT2D eigenvalue weighted by Gasteiger charge is -2.36. The van der Waals surface area contributed by atoms with Crippen molar-refractivity contribution in [1.82, 2.24) is 9.88 Å². The molecule has 3 heteroatoms. The van der Waals surface area contributed by atoms with E-state index in [0.717, 1.165) is 17.8 Å². The Morgan fingerprint density at radius 3 is 2.33 bits per heavy atom. The predicted molar refractivity (Wildman–Crippen MR) is 86.0 cm³/mol. The quantitative estimate of drug-likeness (QED) is 0.886. The Hall–Kier alpha value is -1.71. The average Bonchev–Trinajstić information content (AvgIpc) is 2.48. The van der Waals surface area contributed by atoms with Crippen LogP contribution in [0.5, 0.6) is 0 Å². The molecular formula is C18H24N2O. The van der Waals surface area contributed by atoms with Gasteiger partial charge in [-0.05, 0) is 31.8 Å². The summed E-state index contributed by atoms with van der Waals surface area (Å²) in [7, 11) is 4.06. The molecule has 3 nitrogen and oxygen atoms in total. The number of hydrogen-bond donors (Lipinski definition) is 1. The second-order valence-electron chi connectivity index (χ2n) is 5.95. The third-order valence-corrected chi connectivity index (χ3v) is 3.90. The normalized spacial score (nSPS) is 15.7. The van der Waals surface area contributed by atoms with Gasteiger partial charge >= 0.3 is 0 Å². The minimum Gasteiger partial charge on any atom is -0.384 e. The van der Waals surface area contributed by atoms with Crippen molar-refractivity contribution in [3.05, 3.63) is 66.0 Å². The number of aromatic nitrogens is 1. The molecule has 21 heavy (non-hydrogen) atoms. The summed E-state index contributed by atoms with van der Waals surface area (Å²) in [6.07, 6.45) is 2.30. The van der Waals surface area contributed by atoms with Gasteiger partial charge in [-0.25, -0.2) is 0 Å². The van der Waals surface area contributed by atoms with Crippen molar-refractivity contribution >= 4 is 0 Å². The van der Waals surface area contributed by atoms with E-state index in [1.165, 1.54) is 0 Å². The monoisotopic (exact) mass is 284 g/mol. The number of pyridine rings is 1. The Kier molecular flexibility index (Phi) is 5.10. The smallest absolute Gasteiger partial charge is 0.0989 e. The van der Waals surface area contributed by atoms with Crippen molar-refractivity contribution in [2.75, 3.05) is 20.6 Å². The van der Waals surface area contributed by atoms with Crippen LogP contribution < -0.4 is 0 Å². The van der Waals surface area contributed by atoms with Gasteiger partial charge in [0.25, 0.3) is 0 Å². The molecule has 2 aromatic rings. The fourth-order valence-electron chi connectivity index (χ4n) is 2.77. The van der Waals surface area contributed by atoms with Crippen LogP contribution in [-0.2, 0) is 12.0 Å². The molecule has 0 saturated carbocycles. The largest absolute Gasteiger partial charge is 0.384 e. The van der Waals surface area contributed by atoms with Gasteiger partial charge in [-0.1, -0.05) is 43.3 Å². The molecule has 0 radical (unpaired) electrons. The van der Waals surface area contributed by atoms with E-state index >= 15 is 0 Å². The summed E-state index contributed by atoms with van der Waals surface area (Å²) >= 11 is 0. The molecule has 1 aromatic carbocycles. The summed E-state index contributed by atoms with van der Waals surface area (Å²) in [6.45, 7) is 2.91. The van der Waals surface area contributed by atoms with Gasteiger partial charge < -0.3 is 10.0 Å². The number of hydrogen-bond acceptors (Lipinski definition) is 3. The predicted octanol–water partition coefficient (Wildman–Crippen LogP) is 2.71. The minimum atomic E-state index is -0.917. The third kappa shape index (κ3) is 3.90. The second-order valence-corrected chi connectivity index (χ2v) is 5.95. The molecule has 0 aliphatic carbocycles. The molecule has 0 unspecified atom stereocenters.